The smallest absolute Gasteiger partial charge is 0.0894 e. The second-order valence-corrected chi connectivity index (χ2v) is 4.79. The van der Waals surface area contributed by atoms with Crippen molar-refractivity contribution in [1.29, 1.82) is 0 Å². The molecule has 0 aliphatic heterocycles. The van der Waals surface area contributed by atoms with Crippen LogP contribution in [0.1, 0.15) is 39.0 Å². The number of aliphatic hydroxyl groups excluding tert-OH is 2. The second-order valence-electron chi connectivity index (χ2n) is 4.79. The minimum absolute atomic E-state index is 0.143. The van der Waals surface area contributed by atoms with Gasteiger partial charge in [0.25, 0.3) is 0 Å². The number of nitrogens with one attached hydrogen (secondary N) is 1. The van der Waals surface area contributed by atoms with Crippen molar-refractivity contribution >= 4 is 0 Å². The van der Waals surface area contributed by atoms with E-state index in [1.165, 1.54) is 32.1 Å². The molecule has 0 aromatic rings. The highest BCUT2D eigenvalue weighted by atomic mass is 16.3. The van der Waals surface area contributed by atoms with Crippen LogP contribution in [0.5, 0.6) is 0 Å². The van der Waals surface area contributed by atoms with E-state index in [-0.39, 0.29) is 6.61 Å². The predicted octanol–water partition coefficient (Wildman–Crippen LogP) is 1.15. The zero-order chi connectivity index (χ0) is 11.1. The van der Waals surface area contributed by atoms with E-state index in [2.05, 4.69) is 12.2 Å². The fourth-order valence-corrected chi connectivity index (χ4v) is 2.36. The van der Waals surface area contributed by atoms with Crippen LogP contribution in [0.15, 0.2) is 0 Å². The van der Waals surface area contributed by atoms with Crippen LogP contribution in [0, 0.1) is 11.8 Å². The van der Waals surface area contributed by atoms with Gasteiger partial charge in [0.1, 0.15) is 0 Å². The van der Waals surface area contributed by atoms with Crippen LogP contribution in [0.25, 0.3) is 0 Å². The summed E-state index contributed by atoms with van der Waals surface area (Å²) in [5.41, 5.74) is 0. The van der Waals surface area contributed by atoms with Gasteiger partial charge in [-0.2, -0.15) is 0 Å². The Bertz CT molecular complexity index is 156. The average molecular weight is 215 g/mol. The molecule has 3 nitrogen and oxygen atoms in total. The second kappa shape index (κ2) is 7.20. The molecule has 1 rings (SSSR count). The number of rotatable bonds is 6. The molecule has 1 aliphatic rings. The van der Waals surface area contributed by atoms with Crippen molar-refractivity contribution in [2.75, 3.05) is 19.7 Å². The van der Waals surface area contributed by atoms with E-state index < -0.39 is 6.10 Å². The van der Waals surface area contributed by atoms with Crippen molar-refractivity contribution in [3.05, 3.63) is 0 Å². The van der Waals surface area contributed by atoms with Gasteiger partial charge < -0.3 is 15.5 Å². The Balaban J connectivity index is 2.03. The summed E-state index contributed by atoms with van der Waals surface area (Å²) in [6, 6.07) is 0. The zero-order valence-corrected chi connectivity index (χ0v) is 9.78. The van der Waals surface area contributed by atoms with E-state index in [1.807, 2.05) is 0 Å². The molecule has 90 valence electrons. The molecule has 0 saturated heterocycles. The monoisotopic (exact) mass is 215 g/mol. The zero-order valence-electron chi connectivity index (χ0n) is 9.78. The lowest BCUT2D eigenvalue weighted by molar-refractivity contribution is 0.0927. The lowest BCUT2D eigenvalue weighted by Gasteiger charge is -2.28. The molecule has 0 spiro atoms. The van der Waals surface area contributed by atoms with E-state index in [4.69, 9.17) is 10.2 Å². The van der Waals surface area contributed by atoms with Gasteiger partial charge >= 0.3 is 0 Å². The first kappa shape index (κ1) is 12.9. The standard InChI is InChI=1S/C12H25NO2/c1-2-10-3-5-11(6-4-10)7-13-8-12(15)9-14/h10-15H,2-9H2,1H3. The summed E-state index contributed by atoms with van der Waals surface area (Å²) < 4.78 is 0. The van der Waals surface area contributed by atoms with Crippen molar-refractivity contribution in [3.63, 3.8) is 0 Å². The number of aliphatic hydroxyl groups is 2. The molecule has 0 radical (unpaired) electrons. The topological polar surface area (TPSA) is 52.5 Å². The molecule has 0 bridgehead atoms. The molecular formula is C12H25NO2. The molecule has 3 N–H and O–H groups in total. The van der Waals surface area contributed by atoms with E-state index in [0.29, 0.717) is 6.54 Å². The third-order valence-electron chi connectivity index (χ3n) is 3.57. The van der Waals surface area contributed by atoms with Gasteiger partial charge in [-0.05, 0) is 31.2 Å². The van der Waals surface area contributed by atoms with Crippen LogP contribution in [-0.4, -0.2) is 36.0 Å². The van der Waals surface area contributed by atoms with E-state index in [1.54, 1.807) is 0 Å². The Kier molecular flexibility index (Phi) is 6.22. The molecule has 0 amide bonds. The fraction of sp³-hybridized carbons (Fsp3) is 1.00. The van der Waals surface area contributed by atoms with Gasteiger partial charge in [0, 0.05) is 6.54 Å². The number of hydrogen-bond donors (Lipinski definition) is 3. The molecule has 1 fully saturated rings. The summed E-state index contributed by atoms with van der Waals surface area (Å²) in [6.07, 6.45) is 6.10. The summed E-state index contributed by atoms with van der Waals surface area (Å²) in [6.45, 7) is 3.65. The minimum Gasteiger partial charge on any atom is -0.394 e. The van der Waals surface area contributed by atoms with Crippen molar-refractivity contribution in [3.8, 4) is 0 Å². The Morgan fingerprint density at radius 1 is 1.20 bits per heavy atom. The normalized spacial score (nSPS) is 29.0. The van der Waals surface area contributed by atoms with Gasteiger partial charge in [-0.3, -0.25) is 0 Å². The van der Waals surface area contributed by atoms with Crippen molar-refractivity contribution < 1.29 is 10.2 Å². The van der Waals surface area contributed by atoms with Gasteiger partial charge in [0.15, 0.2) is 0 Å². The van der Waals surface area contributed by atoms with Gasteiger partial charge in [0.05, 0.1) is 12.7 Å². The van der Waals surface area contributed by atoms with Crippen LogP contribution in [0.2, 0.25) is 0 Å². The molecule has 15 heavy (non-hydrogen) atoms. The highest BCUT2D eigenvalue weighted by molar-refractivity contribution is 4.73. The average Bonchev–Trinajstić information content (AvgIpc) is 2.29. The molecule has 0 aromatic heterocycles. The van der Waals surface area contributed by atoms with Crippen LogP contribution >= 0.6 is 0 Å². The van der Waals surface area contributed by atoms with Crippen molar-refractivity contribution in [1.82, 2.24) is 5.32 Å². The first-order valence-corrected chi connectivity index (χ1v) is 6.25. The highest BCUT2D eigenvalue weighted by Crippen LogP contribution is 2.29. The third-order valence-corrected chi connectivity index (χ3v) is 3.57. The van der Waals surface area contributed by atoms with E-state index >= 15 is 0 Å². The summed E-state index contributed by atoms with van der Waals surface area (Å²) >= 11 is 0. The largest absolute Gasteiger partial charge is 0.394 e. The van der Waals surface area contributed by atoms with E-state index in [0.717, 1.165) is 18.4 Å². The molecule has 0 aromatic carbocycles. The van der Waals surface area contributed by atoms with Crippen LogP contribution in [-0.2, 0) is 0 Å². The summed E-state index contributed by atoms with van der Waals surface area (Å²) in [5, 5.41) is 21.0. The Labute approximate surface area is 92.9 Å². The van der Waals surface area contributed by atoms with Crippen molar-refractivity contribution in [2.45, 2.75) is 45.1 Å². The Hall–Kier alpha value is -0.120. The Morgan fingerprint density at radius 2 is 1.80 bits per heavy atom. The SMILES string of the molecule is CCC1CCC(CNCC(O)CO)CC1. The maximum absolute atomic E-state index is 9.16. The summed E-state index contributed by atoms with van der Waals surface area (Å²) in [5.74, 6) is 1.72. The van der Waals surface area contributed by atoms with Gasteiger partial charge in [-0.25, -0.2) is 0 Å². The number of hydrogen-bond acceptors (Lipinski definition) is 3. The maximum Gasteiger partial charge on any atom is 0.0894 e. The molecule has 1 saturated carbocycles. The predicted molar refractivity (Wildman–Crippen MR) is 61.7 cm³/mol. The lowest BCUT2D eigenvalue weighted by Crippen LogP contribution is -2.33. The molecule has 1 atom stereocenters. The lowest BCUT2D eigenvalue weighted by atomic mass is 9.81. The van der Waals surface area contributed by atoms with Gasteiger partial charge in [-0.15, -0.1) is 0 Å². The van der Waals surface area contributed by atoms with Gasteiger partial charge in [-0.1, -0.05) is 26.2 Å². The fourth-order valence-electron chi connectivity index (χ4n) is 2.36. The minimum atomic E-state index is -0.600. The molecule has 0 heterocycles. The third kappa shape index (κ3) is 4.96. The van der Waals surface area contributed by atoms with Crippen LogP contribution in [0.3, 0.4) is 0 Å². The molecule has 1 unspecified atom stereocenters. The molecule has 3 heteroatoms. The summed E-state index contributed by atoms with van der Waals surface area (Å²) in [4.78, 5) is 0. The highest BCUT2D eigenvalue weighted by Gasteiger charge is 2.19. The first-order valence-electron chi connectivity index (χ1n) is 6.25. The first-order chi connectivity index (χ1) is 7.26. The summed E-state index contributed by atoms with van der Waals surface area (Å²) in [7, 11) is 0. The quantitative estimate of drug-likeness (QED) is 0.623. The maximum atomic E-state index is 9.16. The van der Waals surface area contributed by atoms with E-state index in [9.17, 15) is 0 Å². The van der Waals surface area contributed by atoms with Crippen LogP contribution in [0.4, 0.5) is 0 Å². The van der Waals surface area contributed by atoms with Crippen LogP contribution < -0.4 is 5.32 Å². The Morgan fingerprint density at radius 3 is 2.33 bits per heavy atom. The molecule has 1 aliphatic carbocycles. The van der Waals surface area contributed by atoms with Gasteiger partial charge in [0.2, 0.25) is 0 Å². The van der Waals surface area contributed by atoms with Crippen molar-refractivity contribution in [2.24, 2.45) is 11.8 Å². The molecular weight excluding hydrogens is 190 g/mol.